The van der Waals surface area contributed by atoms with Crippen molar-refractivity contribution in [2.45, 2.75) is 26.1 Å². The maximum absolute atomic E-state index is 14.1. The van der Waals surface area contributed by atoms with E-state index < -0.39 is 39.3 Å². The topological polar surface area (TPSA) is 102 Å². The van der Waals surface area contributed by atoms with Crippen molar-refractivity contribution >= 4 is 43.7 Å². The molecule has 36 heavy (non-hydrogen) atoms. The molecular formula is C23H21F4N5O3S. The average molecular weight is 524 g/mol. The van der Waals surface area contributed by atoms with Crippen molar-refractivity contribution < 1.29 is 31.0 Å². The van der Waals surface area contributed by atoms with Crippen LogP contribution < -0.4 is 14.8 Å². The average Bonchev–Trinajstić information content (AvgIpc) is 3.17. The zero-order chi connectivity index (χ0) is 26.3. The van der Waals surface area contributed by atoms with E-state index >= 15 is 0 Å². The van der Waals surface area contributed by atoms with Gasteiger partial charge in [0.1, 0.15) is 23.7 Å². The summed E-state index contributed by atoms with van der Waals surface area (Å²) < 4.78 is 80.3. The molecule has 2 atom stereocenters. The van der Waals surface area contributed by atoms with Crippen LogP contribution in [-0.4, -0.2) is 37.6 Å². The first-order chi connectivity index (χ1) is 16.8. The second-order valence-electron chi connectivity index (χ2n) is 8.19. The van der Waals surface area contributed by atoms with Crippen LogP contribution in [0.2, 0.25) is 0 Å². The van der Waals surface area contributed by atoms with Gasteiger partial charge in [-0.25, -0.2) is 18.6 Å². The molecule has 0 fully saturated rings. The molecule has 2 aromatic carbocycles. The third kappa shape index (κ3) is 5.67. The van der Waals surface area contributed by atoms with Crippen LogP contribution >= 0.6 is 0 Å². The van der Waals surface area contributed by atoms with Crippen LogP contribution in [0, 0.1) is 19.7 Å². The number of hydrogen-bond acceptors (Lipinski definition) is 7. The summed E-state index contributed by atoms with van der Waals surface area (Å²) in [6.45, 7) is 3.23. The molecule has 0 aliphatic carbocycles. The van der Waals surface area contributed by atoms with Gasteiger partial charge in [0, 0.05) is 39.2 Å². The van der Waals surface area contributed by atoms with Crippen LogP contribution in [0.15, 0.2) is 47.2 Å². The first-order valence-corrected chi connectivity index (χ1v) is 12.5. The largest absolute Gasteiger partial charge is 0.470 e. The molecule has 190 valence electrons. The molecule has 2 N–H and O–H groups in total. The molecular weight excluding hydrogens is 502 g/mol. The number of hydrogen-bond donors (Lipinski definition) is 2. The number of anilines is 3. The number of nitrogens with one attached hydrogen (secondary N) is 2. The van der Waals surface area contributed by atoms with E-state index in [0.29, 0.717) is 22.2 Å². The standard InChI is InChI=1S/C23H21F4N5O3S/c1-12-7-15(32-36(3,4)33)10-17-20(12)22(29-11-28-17)30-16-6-5-14(24)9-18(16)34-21(23(25,26)27)19-8-13(2)31-35-19/h5-11,21H,3H2,1-2,4H3,(H,32,33)(H,28,29,30). The van der Waals surface area contributed by atoms with E-state index in [1.54, 1.807) is 19.1 Å². The van der Waals surface area contributed by atoms with Crippen molar-refractivity contribution in [1.82, 2.24) is 15.1 Å². The normalized spacial score (nSPS) is 14.3. The summed E-state index contributed by atoms with van der Waals surface area (Å²) in [6, 6.07) is 7.57. The van der Waals surface area contributed by atoms with Crippen molar-refractivity contribution in [1.29, 1.82) is 0 Å². The zero-order valence-electron chi connectivity index (χ0n) is 19.3. The van der Waals surface area contributed by atoms with Crippen LogP contribution in [0.3, 0.4) is 0 Å². The van der Waals surface area contributed by atoms with Crippen LogP contribution in [0.4, 0.5) is 34.8 Å². The van der Waals surface area contributed by atoms with Crippen LogP contribution in [0.5, 0.6) is 5.75 Å². The van der Waals surface area contributed by atoms with Crippen molar-refractivity contribution in [2.24, 2.45) is 0 Å². The third-order valence-corrected chi connectivity index (χ3v) is 5.58. The molecule has 0 radical (unpaired) electrons. The number of alkyl halides is 3. The fourth-order valence-corrected chi connectivity index (χ4v) is 4.16. The van der Waals surface area contributed by atoms with Gasteiger partial charge in [0.25, 0.3) is 6.10 Å². The summed E-state index contributed by atoms with van der Waals surface area (Å²) in [4.78, 5) is 8.44. The minimum Gasteiger partial charge on any atom is -0.470 e. The van der Waals surface area contributed by atoms with E-state index in [4.69, 9.17) is 9.26 Å². The van der Waals surface area contributed by atoms with E-state index in [1.165, 1.54) is 25.6 Å². The Bertz CT molecular complexity index is 1540. The lowest BCUT2D eigenvalue weighted by Gasteiger charge is -2.21. The monoisotopic (exact) mass is 523 g/mol. The van der Waals surface area contributed by atoms with E-state index in [-0.39, 0.29) is 17.2 Å². The summed E-state index contributed by atoms with van der Waals surface area (Å²) in [7, 11) is -2.54. The fraction of sp³-hybridized carbons (Fsp3) is 0.217. The first-order valence-electron chi connectivity index (χ1n) is 10.4. The number of fused-ring (bicyclic) bond motifs is 1. The molecule has 0 saturated heterocycles. The molecule has 4 aromatic rings. The maximum atomic E-state index is 14.1. The van der Waals surface area contributed by atoms with Gasteiger partial charge < -0.3 is 19.3 Å². The van der Waals surface area contributed by atoms with Crippen molar-refractivity contribution in [3.63, 3.8) is 0 Å². The van der Waals surface area contributed by atoms with Gasteiger partial charge in [0.2, 0.25) is 0 Å². The minimum absolute atomic E-state index is 0.0258. The number of rotatable bonds is 7. The van der Waals surface area contributed by atoms with Crippen LogP contribution in [0.25, 0.3) is 10.9 Å². The predicted octanol–water partition coefficient (Wildman–Crippen LogP) is 5.47. The summed E-state index contributed by atoms with van der Waals surface area (Å²) in [5, 5.41) is 6.95. The SMILES string of the molecule is C=S(C)(=O)Nc1cc(C)c2c(Nc3ccc(F)cc3OC(c3cc(C)no3)C(F)(F)F)ncnc2c1. The molecule has 0 aliphatic heterocycles. The summed E-state index contributed by atoms with van der Waals surface area (Å²) >= 11 is 0. The predicted molar refractivity (Wildman–Crippen MR) is 129 cm³/mol. The molecule has 4 rings (SSSR count). The van der Waals surface area contributed by atoms with E-state index in [1.807, 2.05) is 0 Å². The smallest absolute Gasteiger partial charge is 0.432 e. The quantitative estimate of drug-likeness (QED) is 0.245. The Balaban J connectivity index is 1.74. The Labute approximate surface area is 203 Å². The Morgan fingerprint density at radius 3 is 2.53 bits per heavy atom. The molecule has 13 heteroatoms. The molecule has 0 amide bonds. The summed E-state index contributed by atoms with van der Waals surface area (Å²) in [6.07, 6.45) is -4.70. The summed E-state index contributed by atoms with van der Waals surface area (Å²) in [5.74, 6) is 2.01. The van der Waals surface area contributed by atoms with Gasteiger partial charge in [-0.05, 0) is 49.5 Å². The second kappa shape index (κ2) is 9.30. The number of nitrogens with zero attached hydrogens (tertiary/aromatic N) is 3. The molecule has 0 saturated carbocycles. The molecule has 0 bridgehead atoms. The minimum atomic E-state index is -4.87. The van der Waals surface area contributed by atoms with Crippen LogP contribution in [0.1, 0.15) is 23.1 Å². The van der Waals surface area contributed by atoms with Gasteiger partial charge in [0.05, 0.1) is 16.9 Å². The van der Waals surface area contributed by atoms with Gasteiger partial charge in [-0.3, -0.25) is 0 Å². The molecule has 8 nitrogen and oxygen atoms in total. The number of aryl methyl sites for hydroxylation is 2. The molecule has 2 aromatic heterocycles. The molecule has 0 spiro atoms. The number of aromatic nitrogens is 3. The highest BCUT2D eigenvalue weighted by Crippen LogP contribution is 2.40. The van der Waals surface area contributed by atoms with Gasteiger partial charge in [-0.1, -0.05) is 5.16 Å². The van der Waals surface area contributed by atoms with Gasteiger partial charge in [-0.15, -0.1) is 0 Å². The number of halogens is 4. The van der Waals surface area contributed by atoms with E-state index in [0.717, 1.165) is 18.2 Å². The highest BCUT2D eigenvalue weighted by Gasteiger charge is 2.46. The lowest BCUT2D eigenvalue weighted by molar-refractivity contribution is -0.203. The van der Waals surface area contributed by atoms with Crippen molar-refractivity contribution in [2.75, 3.05) is 16.3 Å². The Morgan fingerprint density at radius 2 is 1.89 bits per heavy atom. The van der Waals surface area contributed by atoms with E-state index in [2.05, 4.69) is 31.0 Å². The highest BCUT2D eigenvalue weighted by atomic mass is 32.2. The Kier molecular flexibility index (Phi) is 6.52. The molecule has 2 unspecified atom stereocenters. The van der Waals surface area contributed by atoms with Crippen LogP contribution in [-0.2, 0) is 9.71 Å². The first kappa shape index (κ1) is 25.2. The lowest BCUT2D eigenvalue weighted by atomic mass is 10.1. The van der Waals surface area contributed by atoms with Gasteiger partial charge in [0.15, 0.2) is 5.76 Å². The lowest BCUT2D eigenvalue weighted by Crippen LogP contribution is -2.26. The summed E-state index contributed by atoms with van der Waals surface area (Å²) in [5.41, 5.74) is 1.92. The van der Waals surface area contributed by atoms with Gasteiger partial charge >= 0.3 is 6.18 Å². The highest BCUT2D eigenvalue weighted by molar-refractivity contribution is 8.00. The van der Waals surface area contributed by atoms with E-state index in [9.17, 15) is 21.8 Å². The number of benzene rings is 2. The van der Waals surface area contributed by atoms with Crippen molar-refractivity contribution in [3.8, 4) is 5.75 Å². The molecule has 0 aliphatic rings. The molecule has 2 heterocycles. The fourth-order valence-electron chi connectivity index (χ4n) is 3.54. The maximum Gasteiger partial charge on any atom is 0.432 e. The van der Waals surface area contributed by atoms with Crippen molar-refractivity contribution in [3.05, 3.63) is 65.6 Å². The third-order valence-electron chi connectivity index (χ3n) is 4.91. The van der Waals surface area contributed by atoms with Gasteiger partial charge in [-0.2, -0.15) is 13.2 Å². The Hall–Kier alpha value is -3.87. The zero-order valence-corrected chi connectivity index (χ0v) is 20.1. The number of ether oxygens (including phenoxy) is 1. The second-order valence-corrected chi connectivity index (χ2v) is 10.4. The Morgan fingerprint density at radius 1 is 1.14 bits per heavy atom.